The summed E-state index contributed by atoms with van der Waals surface area (Å²) in [6.45, 7) is 6.66. The lowest BCUT2D eigenvalue weighted by Gasteiger charge is -2.22. The summed E-state index contributed by atoms with van der Waals surface area (Å²) in [5.41, 5.74) is 0.941. The predicted molar refractivity (Wildman–Crippen MR) is 145 cm³/mol. The summed E-state index contributed by atoms with van der Waals surface area (Å²) in [6.07, 6.45) is 3.05. The molecule has 0 spiro atoms. The fraction of sp³-hybridized carbons (Fsp3) is 0.148. The molecular weight excluding hydrogens is 538 g/mol. The van der Waals surface area contributed by atoms with Crippen molar-refractivity contribution in [3.05, 3.63) is 105 Å². The van der Waals surface area contributed by atoms with Crippen LogP contribution in [0.4, 0.5) is 10.8 Å². The maximum Gasteiger partial charge on any atom is 0.350 e. The van der Waals surface area contributed by atoms with Crippen LogP contribution in [0.3, 0.4) is 0 Å². The number of ether oxygens (including phenoxy) is 1. The highest BCUT2D eigenvalue weighted by atomic mass is 32.1. The van der Waals surface area contributed by atoms with Gasteiger partial charge in [0.1, 0.15) is 22.8 Å². The van der Waals surface area contributed by atoms with Gasteiger partial charge in [-0.05, 0) is 31.5 Å². The van der Waals surface area contributed by atoms with E-state index in [1.165, 1.54) is 30.3 Å². The third kappa shape index (κ3) is 4.31. The van der Waals surface area contributed by atoms with Crippen molar-refractivity contribution in [3.63, 3.8) is 0 Å². The third-order valence-electron chi connectivity index (χ3n) is 6.28. The summed E-state index contributed by atoms with van der Waals surface area (Å²) in [7, 11) is 0. The van der Waals surface area contributed by atoms with Gasteiger partial charge < -0.3 is 9.84 Å². The van der Waals surface area contributed by atoms with Crippen LogP contribution < -0.4 is 4.90 Å². The van der Waals surface area contributed by atoms with Crippen LogP contribution >= 0.6 is 11.3 Å². The number of aliphatic hydroxyl groups is 1. The first-order valence-electron chi connectivity index (χ1n) is 11.9. The lowest BCUT2D eigenvalue weighted by Crippen LogP contribution is -2.29. The summed E-state index contributed by atoms with van der Waals surface area (Å²) in [5, 5.41) is 23.1. The predicted octanol–water partition coefficient (Wildman–Crippen LogP) is 4.28. The van der Waals surface area contributed by atoms with Crippen LogP contribution in [0.2, 0.25) is 0 Å². The van der Waals surface area contributed by atoms with Crippen molar-refractivity contribution in [3.8, 4) is 0 Å². The van der Waals surface area contributed by atoms with Gasteiger partial charge in [-0.3, -0.25) is 29.0 Å². The molecule has 4 aromatic rings. The van der Waals surface area contributed by atoms with Crippen LogP contribution in [0.25, 0.3) is 11.4 Å². The van der Waals surface area contributed by atoms with Gasteiger partial charge in [-0.15, -0.1) is 0 Å². The Morgan fingerprint density at radius 1 is 1.20 bits per heavy atom. The molecular formula is C27H21N5O7S. The van der Waals surface area contributed by atoms with Crippen molar-refractivity contribution >= 4 is 51.2 Å². The molecule has 1 atom stereocenters. The van der Waals surface area contributed by atoms with Gasteiger partial charge in [0.15, 0.2) is 10.9 Å². The van der Waals surface area contributed by atoms with Gasteiger partial charge in [-0.25, -0.2) is 14.8 Å². The molecule has 3 aromatic heterocycles. The van der Waals surface area contributed by atoms with Gasteiger partial charge in [-0.2, -0.15) is 0 Å². The SMILES string of the molecule is C=CCOC(=O)c1sc(N2C(=O)C(=O)/C(=C(/O)c3c(C)nc4ccccn34)C2c2cccc([N+](=O)[O-])c2)nc1C. The molecule has 1 aliphatic heterocycles. The molecule has 0 radical (unpaired) electrons. The summed E-state index contributed by atoms with van der Waals surface area (Å²) >= 11 is 0.824. The monoisotopic (exact) mass is 559 g/mol. The number of esters is 1. The number of aryl methyl sites for hydroxylation is 2. The van der Waals surface area contributed by atoms with E-state index < -0.39 is 34.4 Å². The first kappa shape index (κ1) is 26.4. The number of amides is 1. The molecule has 1 saturated heterocycles. The summed E-state index contributed by atoms with van der Waals surface area (Å²) in [5.74, 6) is -3.24. The normalized spacial score (nSPS) is 16.4. The van der Waals surface area contributed by atoms with E-state index in [0.717, 1.165) is 16.2 Å². The number of fused-ring (bicyclic) bond motifs is 1. The number of ketones is 1. The average Bonchev–Trinajstić information content (AvgIpc) is 3.57. The number of aromatic nitrogens is 3. The van der Waals surface area contributed by atoms with E-state index in [-0.39, 0.29) is 44.8 Å². The van der Waals surface area contributed by atoms with E-state index in [0.29, 0.717) is 11.3 Å². The number of aliphatic hydroxyl groups excluding tert-OH is 1. The van der Waals surface area contributed by atoms with Gasteiger partial charge in [-0.1, -0.05) is 42.2 Å². The lowest BCUT2D eigenvalue weighted by molar-refractivity contribution is -0.384. The summed E-state index contributed by atoms with van der Waals surface area (Å²) in [6, 6.07) is 9.30. The largest absolute Gasteiger partial charge is 0.505 e. The van der Waals surface area contributed by atoms with Crippen molar-refractivity contribution in [1.29, 1.82) is 0 Å². The molecule has 1 N–H and O–H groups in total. The topological polar surface area (TPSA) is 157 Å². The highest BCUT2D eigenvalue weighted by Gasteiger charge is 2.49. The zero-order valence-corrected chi connectivity index (χ0v) is 22.0. The Hall–Kier alpha value is -5.17. The molecule has 0 bridgehead atoms. The maximum absolute atomic E-state index is 13.5. The van der Waals surface area contributed by atoms with Gasteiger partial charge in [0.05, 0.1) is 27.9 Å². The number of pyridine rings is 1. The Morgan fingerprint density at radius 2 is 1.98 bits per heavy atom. The highest BCUT2D eigenvalue weighted by molar-refractivity contribution is 7.17. The van der Waals surface area contributed by atoms with Crippen LogP contribution in [0.15, 0.2) is 66.9 Å². The van der Waals surface area contributed by atoms with Crippen molar-refractivity contribution in [1.82, 2.24) is 14.4 Å². The quantitative estimate of drug-likeness (QED) is 0.0663. The second-order valence-electron chi connectivity index (χ2n) is 8.79. The number of benzene rings is 1. The smallest absolute Gasteiger partial charge is 0.350 e. The summed E-state index contributed by atoms with van der Waals surface area (Å²) < 4.78 is 6.68. The molecule has 4 heterocycles. The minimum absolute atomic E-state index is 0.0180. The molecule has 202 valence electrons. The Labute approximate surface area is 230 Å². The Balaban J connectivity index is 1.74. The molecule has 13 heteroatoms. The van der Waals surface area contributed by atoms with E-state index in [9.17, 15) is 29.6 Å². The number of nitro benzene ring substituents is 1. The van der Waals surface area contributed by atoms with Crippen molar-refractivity contribution in [2.45, 2.75) is 19.9 Å². The van der Waals surface area contributed by atoms with E-state index >= 15 is 0 Å². The number of carbonyl (C=O) groups excluding carboxylic acids is 3. The van der Waals surface area contributed by atoms with Crippen LogP contribution in [-0.2, 0) is 14.3 Å². The first-order chi connectivity index (χ1) is 19.1. The van der Waals surface area contributed by atoms with Gasteiger partial charge in [0.2, 0.25) is 0 Å². The van der Waals surface area contributed by atoms with E-state index in [1.54, 1.807) is 42.6 Å². The average molecular weight is 560 g/mol. The number of carbonyl (C=O) groups is 3. The molecule has 1 aliphatic rings. The highest BCUT2D eigenvalue weighted by Crippen LogP contribution is 2.44. The molecule has 0 saturated carbocycles. The van der Waals surface area contributed by atoms with Crippen molar-refractivity contribution in [2.75, 3.05) is 11.5 Å². The molecule has 12 nitrogen and oxygen atoms in total. The molecule has 1 aromatic carbocycles. The number of non-ortho nitro benzene ring substituents is 1. The second-order valence-corrected chi connectivity index (χ2v) is 9.77. The Morgan fingerprint density at radius 3 is 2.70 bits per heavy atom. The molecule has 40 heavy (non-hydrogen) atoms. The number of anilines is 1. The number of hydrogen-bond acceptors (Lipinski definition) is 10. The number of nitrogens with zero attached hydrogens (tertiary/aromatic N) is 5. The van der Waals surface area contributed by atoms with Crippen molar-refractivity contribution in [2.24, 2.45) is 0 Å². The van der Waals surface area contributed by atoms with Crippen LogP contribution in [0.5, 0.6) is 0 Å². The maximum atomic E-state index is 13.5. The van der Waals surface area contributed by atoms with Crippen LogP contribution in [-0.4, -0.2) is 48.7 Å². The number of Topliss-reactive ketones (excluding diaryl/α,β-unsaturated/α-hetero) is 1. The summed E-state index contributed by atoms with van der Waals surface area (Å²) in [4.78, 5) is 60.5. The molecule has 1 amide bonds. The van der Waals surface area contributed by atoms with Crippen molar-refractivity contribution < 1.29 is 29.2 Å². The van der Waals surface area contributed by atoms with Gasteiger partial charge in [0.25, 0.3) is 11.5 Å². The third-order valence-corrected chi connectivity index (χ3v) is 7.42. The molecule has 0 aliphatic carbocycles. The standard InChI is InChI=1S/C27H21N5O7S/c1-4-12-39-26(36)24-15(3)29-27(40-24)31-21(16-8-7-9-17(13-16)32(37)38)19(23(34)25(31)35)22(33)20-14(2)28-18-10-5-6-11-30(18)20/h4-11,13,21,33H,1,12H2,2-3H3/b22-19+. The minimum atomic E-state index is -1.30. The van der Waals surface area contributed by atoms with Gasteiger partial charge in [0, 0.05) is 18.3 Å². The lowest BCUT2D eigenvalue weighted by atomic mass is 9.96. The molecule has 1 unspecified atom stereocenters. The molecule has 5 rings (SSSR count). The number of imidazole rings is 1. The van der Waals surface area contributed by atoms with Crippen LogP contribution in [0, 0.1) is 24.0 Å². The second kappa shape index (κ2) is 10.2. The zero-order valence-electron chi connectivity index (χ0n) is 21.2. The number of hydrogen-bond donors (Lipinski definition) is 1. The minimum Gasteiger partial charge on any atom is -0.505 e. The zero-order chi connectivity index (χ0) is 28.7. The number of nitro groups is 1. The Bertz CT molecular complexity index is 1770. The van der Waals surface area contributed by atoms with E-state index in [2.05, 4.69) is 16.5 Å². The Kier molecular flexibility index (Phi) is 6.73. The number of thiazole rings is 1. The van der Waals surface area contributed by atoms with Crippen LogP contribution in [0.1, 0.15) is 38.4 Å². The number of rotatable bonds is 7. The first-order valence-corrected chi connectivity index (χ1v) is 12.7. The molecule has 1 fully saturated rings. The van der Waals surface area contributed by atoms with Gasteiger partial charge >= 0.3 is 11.9 Å². The van der Waals surface area contributed by atoms with E-state index in [1.807, 2.05) is 0 Å². The van der Waals surface area contributed by atoms with E-state index in [4.69, 9.17) is 4.74 Å². The fourth-order valence-corrected chi connectivity index (χ4v) is 5.54. The fourth-order valence-electron chi connectivity index (χ4n) is 4.55.